The number of rotatable bonds is 5. The first-order valence-corrected chi connectivity index (χ1v) is 8.09. The van der Waals surface area contributed by atoms with E-state index >= 15 is 0 Å². The summed E-state index contributed by atoms with van der Waals surface area (Å²) in [5.74, 6) is 5.78. The molecule has 0 fully saturated rings. The maximum atomic E-state index is 12.3. The van der Waals surface area contributed by atoms with Crippen LogP contribution in [0, 0.1) is 0 Å². The molecule has 0 saturated carbocycles. The summed E-state index contributed by atoms with van der Waals surface area (Å²) in [6.45, 7) is 0.413. The number of fused-ring (bicyclic) bond motifs is 1. The van der Waals surface area contributed by atoms with Crippen LogP contribution in [0.1, 0.15) is 33.5 Å². The second-order valence-electron chi connectivity index (χ2n) is 5.95. The number of carbonyl (C=O) groups excluding carboxylic acids is 1. The van der Waals surface area contributed by atoms with E-state index in [1.807, 2.05) is 42.5 Å². The zero-order valence-electron chi connectivity index (χ0n) is 13.7. The molecule has 1 unspecified atom stereocenters. The highest BCUT2D eigenvalue weighted by atomic mass is 16.5. The molecule has 126 valence electrons. The fourth-order valence-electron chi connectivity index (χ4n) is 3.16. The Morgan fingerprint density at radius 3 is 2.75 bits per heavy atom. The van der Waals surface area contributed by atoms with Gasteiger partial charge >= 0.3 is 5.97 Å². The summed E-state index contributed by atoms with van der Waals surface area (Å²) in [5.41, 5.74) is 6.55. The highest BCUT2D eigenvalue weighted by Crippen LogP contribution is 2.32. The summed E-state index contributed by atoms with van der Waals surface area (Å²) in [5, 5.41) is 0. The van der Waals surface area contributed by atoms with E-state index in [2.05, 4.69) is 5.43 Å². The maximum absolute atomic E-state index is 12.3. The van der Waals surface area contributed by atoms with Gasteiger partial charge in [0.2, 0.25) is 0 Å². The third-order valence-electron chi connectivity index (χ3n) is 4.44. The van der Waals surface area contributed by atoms with Crippen molar-refractivity contribution in [2.75, 3.05) is 7.11 Å². The smallest absolute Gasteiger partial charge is 0.341 e. The first-order chi connectivity index (χ1) is 11.7. The Morgan fingerprint density at radius 2 is 2.04 bits per heavy atom. The van der Waals surface area contributed by atoms with Crippen molar-refractivity contribution >= 4 is 5.97 Å². The van der Waals surface area contributed by atoms with Crippen molar-refractivity contribution < 1.29 is 14.3 Å². The van der Waals surface area contributed by atoms with E-state index < -0.39 is 0 Å². The van der Waals surface area contributed by atoms with Crippen LogP contribution >= 0.6 is 0 Å². The lowest BCUT2D eigenvalue weighted by Crippen LogP contribution is -2.39. The second kappa shape index (κ2) is 7.47. The van der Waals surface area contributed by atoms with E-state index in [9.17, 15) is 4.79 Å². The van der Waals surface area contributed by atoms with Gasteiger partial charge in [-0.15, -0.1) is 0 Å². The highest BCUT2D eigenvalue weighted by Gasteiger charge is 2.26. The molecule has 2 aromatic rings. The van der Waals surface area contributed by atoms with E-state index in [1.165, 1.54) is 7.11 Å². The van der Waals surface area contributed by atoms with E-state index in [0.717, 1.165) is 36.0 Å². The van der Waals surface area contributed by atoms with Crippen molar-refractivity contribution in [3.05, 3.63) is 64.7 Å². The van der Waals surface area contributed by atoms with Crippen molar-refractivity contribution in [3.8, 4) is 5.75 Å². The molecule has 0 spiro atoms. The Labute approximate surface area is 141 Å². The van der Waals surface area contributed by atoms with Gasteiger partial charge in [-0.05, 0) is 42.0 Å². The van der Waals surface area contributed by atoms with Crippen LogP contribution in [0.3, 0.4) is 0 Å². The van der Waals surface area contributed by atoms with Gasteiger partial charge in [0.25, 0.3) is 0 Å². The topological polar surface area (TPSA) is 73.6 Å². The van der Waals surface area contributed by atoms with Gasteiger partial charge in [0.15, 0.2) is 0 Å². The average molecular weight is 326 g/mol. The summed E-state index contributed by atoms with van der Waals surface area (Å²) in [6.07, 6.45) is 2.46. The van der Waals surface area contributed by atoms with E-state index in [0.29, 0.717) is 17.9 Å². The lowest BCUT2D eigenvalue weighted by Gasteiger charge is -2.26. The van der Waals surface area contributed by atoms with Crippen LogP contribution in [-0.4, -0.2) is 19.1 Å². The second-order valence-corrected chi connectivity index (χ2v) is 5.95. The number of nitrogens with two attached hydrogens (primary N) is 1. The number of hydrogen-bond donors (Lipinski definition) is 2. The number of ether oxygens (including phenoxy) is 2. The lowest BCUT2D eigenvalue weighted by atomic mass is 9.85. The molecule has 5 nitrogen and oxygen atoms in total. The molecule has 0 amide bonds. The Kier molecular flexibility index (Phi) is 5.13. The molecular weight excluding hydrogens is 304 g/mol. The van der Waals surface area contributed by atoms with Crippen LogP contribution in [0.5, 0.6) is 5.75 Å². The average Bonchev–Trinajstić information content (AvgIpc) is 2.65. The molecule has 3 N–H and O–H groups in total. The van der Waals surface area contributed by atoms with Crippen molar-refractivity contribution in [1.29, 1.82) is 0 Å². The molecule has 0 heterocycles. The molecule has 0 saturated heterocycles. The summed E-state index contributed by atoms with van der Waals surface area (Å²) < 4.78 is 10.9. The zero-order valence-corrected chi connectivity index (χ0v) is 13.7. The number of hydrogen-bond acceptors (Lipinski definition) is 5. The minimum absolute atomic E-state index is 0.235. The molecule has 24 heavy (non-hydrogen) atoms. The van der Waals surface area contributed by atoms with Crippen LogP contribution in [-0.2, 0) is 24.2 Å². The zero-order chi connectivity index (χ0) is 16.9. The predicted octanol–water partition coefficient (Wildman–Crippen LogP) is 2.37. The van der Waals surface area contributed by atoms with Crippen LogP contribution < -0.4 is 16.0 Å². The van der Waals surface area contributed by atoms with Gasteiger partial charge in [0.1, 0.15) is 17.9 Å². The summed E-state index contributed by atoms with van der Waals surface area (Å²) in [7, 11) is 1.40. The van der Waals surface area contributed by atoms with Crippen molar-refractivity contribution in [1.82, 2.24) is 5.43 Å². The summed E-state index contributed by atoms with van der Waals surface area (Å²) in [6, 6.07) is 14.0. The molecule has 1 aliphatic rings. The third-order valence-corrected chi connectivity index (χ3v) is 4.44. The Balaban J connectivity index is 1.90. The number of carbonyl (C=O) groups is 1. The van der Waals surface area contributed by atoms with Crippen molar-refractivity contribution in [3.63, 3.8) is 0 Å². The molecule has 1 atom stereocenters. The Bertz CT molecular complexity index is 716. The molecule has 3 rings (SSSR count). The molecular formula is C19H22N2O3. The largest absolute Gasteiger partial charge is 0.488 e. The lowest BCUT2D eigenvalue weighted by molar-refractivity contribution is 0.0593. The van der Waals surface area contributed by atoms with Crippen LogP contribution in [0.2, 0.25) is 0 Å². The number of benzene rings is 2. The quantitative estimate of drug-likeness (QED) is 0.501. The SMILES string of the molecule is COC(=O)c1c(OCc2ccccc2)ccc2c1CCC(NN)C2. The standard InChI is InChI=1S/C19H22N2O3/c1-23-19(22)18-16-9-8-15(21-20)11-14(16)7-10-17(18)24-12-13-5-3-2-4-6-13/h2-7,10,15,21H,8-9,11-12,20H2,1H3. The third kappa shape index (κ3) is 3.42. The molecule has 0 radical (unpaired) electrons. The van der Waals surface area contributed by atoms with Gasteiger partial charge in [-0.2, -0.15) is 0 Å². The van der Waals surface area contributed by atoms with E-state index in [4.69, 9.17) is 15.3 Å². The Hall–Kier alpha value is -2.37. The fraction of sp³-hybridized carbons (Fsp3) is 0.316. The summed E-state index contributed by atoms with van der Waals surface area (Å²) >= 11 is 0. The van der Waals surface area contributed by atoms with Crippen LogP contribution in [0.15, 0.2) is 42.5 Å². The van der Waals surface area contributed by atoms with Gasteiger partial charge in [0.05, 0.1) is 7.11 Å². The number of nitrogens with one attached hydrogen (secondary N) is 1. The molecule has 5 heteroatoms. The number of hydrazine groups is 1. The van der Waals surface area contributed by atoms with Crippen molar-refractivity contribution in [2.24, 2.45) is 5.84 Å². The van der Waals surface area contributed by atoms with Crippen molar-refractivity contribution in [2.45, 2.75) is 31.9 Å². The maximum Gasteiger partial charge on any atom is 0.341 e. The van der Waals surface area contributed by atoms with Crippen LogP contribution in [0.25, 0.3) is 0 Å². The minimum Gasteiger partial charge on any atom is -0.488 e. The first-order valence-electron chi connectivity index (χ1n) is 8.09. The van der Waals surface area contributed by atoms with Gasteiger partial charge in [0, 0.05) is 6.04 Å². The fourth-order valence-corrected chi connectivity index (χ4v) is 3.16. The van der Waals surface area contributed by atoms with Gasteiger partial charge in [-0.1, -0.05) is 36.4 Å². The molecule has 0 bridgehead atoms. The number of methoxy groups -OCH3 is 1. The summed E-state index contributed by atoms with van der Waals surface area (Å²) in [4.78, 5) is 12.3. The van der Waals surface area contributed by atoms with Crippen LogP contribution in [0.4, 0.5) is 0 Å². The number of esters is 1. The van der Waals surface area contributed by atoms with Gasteiger partial charge in [-0.3, -0.25) is 11.3 Å². The minimum atomic E-state index is -0.353. The molecule has 0 aromatic heterocycles. The van der Waals surface area contributed by atoms with E-state index in [1.54, 1.807) is 0 Å². The first kappa shape index (κ1) is 16.5. The molecule has 0 aliphatic heterocycles. The normalized spacial score (nSPS) is 16.3. The Morgan fingerprint density at radius 1 is 1.25 bits per heavy atom. The van der Waals surface area contributed by atoms with Gasteiger partial charge in [-0.25, -0.2) is 4.79 Å². The molecule has 2 aromatic carbocycles. The highest BCUT2D eigenvalue weighted by molar-refractivity contribution is 5.94. The monoisotopic (exact) mass is 326 g/mol. The molecule has 1 aliphatic carbocycles. The van der Waals surface area contributed by atoms with Gasteiger partial charge < -0.3 is 9.47 Å². The predicted molar refractivity (Wildman–Crippen MR) is 91.7 cm³/mol. The van der Waals surface area contributed by atoms with E-state index in [-0.39, 0.29) is 12.0 Å².